The molecule has 0 aliphatic rings. The molecule has 0 heterocycles. The van der Waals surface area contributed by atoms with Crippen LogP contribution in [0.15, 0.2) is 12.1 Å². The lowest BCUT2D eigenvalue weighted by Crippen LogP contribution is -1.99. The molecule has 14 heavy (non-hydrogen) atoms. The van der Waals surface area contributed by atoms with Gasteiger partial charge in [-0.1, -0.05) is 11.6 Å². The van der Waals surface area contributed by atoms with E-state index in [-0.39, 0.29) is 10.6 Å². The Kier molecular flexibility index (Phi) is 3.00. The number of hydrogen-bond donors (Lipinski definition) is 0. The molecule has 1 rings (SSSR count). The van der Waals surface area contributed by atoms with E-state index < -0.39 is 22.6 Å². The Morgan fingerprint density at radius 2 is 2.07 bits per heavy atom. The van der Waals surface area contributed by atoms with Crippen LogP contribution in [-0.4, -0.2) is 4.92 Å². The summed E-state index contributed by atoms with van der Waals surface area (Å²) in [5.41, 5.74) is -1.15. The van der Waals surface area contributed by atoms with E-state index in [4.69, 9.17) is 11.6 Å². The van der Waals surface area contributed by atoms with E-state index >= 15 is 0 Å². The molecule has 76 valence electrons. The van der Waals surface area contributed by atoms with Gasteiger partial charge in [-0.2, -0.15) is 0 Å². The Bertz CT molecular complexity index is 382. The number of nitro groups is 1. The third kappa shape index (κ3) is 1.82. The number of hydrogen-bond acceptors (Lipinski definition) is 2. The molecule has 1 aromatic carbocycles. The third-order valence-corrected chi connectivity index (χ3v) is 2.25. The molecule has 0 saturated heterocycles. The molecule has 0 unspecified atom stereocenters. The first-order chi connectivity index (χ1) is 6.45. The lowest BCUT2D eigenvalue weighted by atomic mass is 10.1. The molecule has 0 saturated carbocycles. The van der Waals surface area contributed by atoms with Crippen LogP contribution in [0.2, 0.25) is 5.02 Å². The lowest BCUT2D eigenvalue weighted by Gasteiger charge is -2.06. The second-order valence-electron chi connectivity index (χ2n) is 2.66. The molecule has 0 spiro atoms. The van der Waals surface area contributed by atoms with Crippen LogP contribution in [0, 0.1) is 17.0 Å². The molecule has 3 nitrogen and oxygen atoms in total. The molecule has 0 radical (unpaired) electrons. The van der Waals surface area contributed by atoms with Crippen molar-refractivity contribution in [2.45, 2.75) is 13.3 Å². The number of rotatable bonds is 2. The fraction of sp³-hybridized carbons (Fsp3) is 0.250. The van der Waals surface area contributed by atoms with Crippen molar-refractivity contribution in [2.24, 2.45) is 0 Å². The number of halogens is 3. The summed E-state index contributed by atoms with van der Waals surface area (Å²) in [6, 6.07) is 2.22. The highest BCUT2D eigenvalue weighted by Gasteiger charge is 2.24. The van der Waals surface area contributed by atoms with E-state index in [2.05, 4.69) is 0 Å². The summed E-state index contributed by atoms with van der Waals surface area (Å²) < 4.78 is 24.9. The van der Waals surface area contributed by atoms with Crippen molar-refractivity contribution in [3.63, 3.8) is 0 Å². The van der Waals surface area contributed by atoms with E-state index in [1.165, 1.54) is 13.0 Å². The molecule has 0 amide bonds. The zero-order valence-electron chi connectivity index (χ0n) is 7.13. The van der Waals surface area contributed by atoms with Gasteiger partial charge in [0.2, 0.25) is 0 Å². The van der Waals surface area contributed by atoms with Gasteiger partial charge in [-0.3, -0.25) is 10.1 Å². The van der Waals surface area contributed by atoms with Crippen LogP contribution < -0.4 is 0 Å². The predicted octanol–water partition coefficient (Wildman–Crippen LogP) is 3.49. The number of nitrogens with zero attached hydrogens (tertiary/aromatic N) is 1. The first kappa shape index (κ1) is 10.8. The summed E-state index contributed by atoms with van der Waals surface area (Å²) in [5.74, 6) is 0. The standard InChI is InChI=1S/C8H6ClF2NO2/c1-4-5(9)2-3-6(12(13)14)7(4)8(10)11/h2-3,8H,1H3. The van der Waals surface area contributed by atoms with Crippen LogP contribution >= 0.6 is 11.6 Å². The molecule has 0 N–H and O–H groups in total. The highest BCUT2D eigenvalue weighted by atomic mass is 35.5. The summed E-state index contributed by atoms with van der Waals surface area (Å²) >= 11 is 5.58. The normalized spacial score (nSPS) is 10.6. The maximum Gasteiger partial charge on any atom is 0.278 e. The van der Waals surface area contributed by atoms with Crippen molar-refractivity contribution >= 4 is 17.3 Å². The van der Waals surface area contributed by atoms with Crippen molar-refractivity contribution < 1.29 is 13.7 Å². The second kappa shape index (κ2) is 3.88. The number of benzene rings is 1. The first-order valence-corrected chi connectivity index (χ1v) is 4.04. The minimum Gasteiger partial charge on any atom is -0.258 e. The first-order valence-electron chi connectivity index (χ1n) is 3.66. The van der Waals surface area contributed by atoms with Crippen molar-refractivity contribution in [1.29, 1.82) is 0 Å². The van der Waals surface area contributed by atoms with Gasteiger partial charge in [-0.25, -0.2) is 8.78 Å². The van der Waals surface area contributed by atoms with Gasteiger partial charge in [0.15, 0.2) is 0 Å². The quantitative estimate of drug-likeness (QED) is 0.567. The van der Waals surface area contributed by atoms with Crippen LogP contribution in [-0.2, 0) is 0 Å². The van der Waals surface area contributed by atoms with Gasteiger partial charge in [0.05, 0.1) is 10.5 Å². The van der Waals surface area contributed by atoms with Crippen molar-refractivity contribution in [2.75, 3.05) is 0 Å². The largest absolute Gasteiger partial charge is 0.278 e. The lowest BCUT2D eigenvalue weighted by molar-refractivity contribution is -0.386. The molecule has 0 atom stereocenters. The van der Waals surface area contributed by atoms with Crippen LogP contribution in [0.4, 0.5) is 14.5 Å². The van der Waals surface area contributed by atoms with Crippen molar-refractivity contribution in [3.8, 4) is 0 Å². The highest BCUT2D eigenvalue weighted by molar-refractivity contribution is 6.31. The van der Waals surface area contributed by atoms with E-state index in [0.29, 0.717) is 0 Å². The molecule has 0 aliphatic heterocycles. The molecule has 0 aromatic heterocycles. The monoisotopic (exact) mass is 221 g/mol. The molecule has 0 fully saturated rings. The molecule has 0 bridgehead atoms. The molecular weight excluding hydrogens is 216 g/mol. The minimum absolute atomic E-state index is 0.0517. The summed E-state index contributed by atoms with van der Waals surface area (Å²) in [6.45, 7) is 1.33. The molecule has 1 aromatic rings. The average Bonchev–Trinajstić information content (AvgIpc) is 2.08. The second-order valence-corrected chi connectivity index (χ2v) is 3.07. The summed E-state index contributed by atoms with van der Waals surface area (Å²) in [5, 5.41) is 10.5. The Hall–Kier alpha value is -1.23. The van der Waals surface area contributed by atoms with Crippen LogP contribution in [0.25, 0.3) is 0 Å². The number of alkyl halides is 2. The van der Waals surface area contributed by atoms with E-state index in [0.717, 1.165) is 6.07 Å². The molecular formula is C8H6ClF2NO2. The molecule has 6 heteroatoms. The zero-order valence-corrected chi connectivity index (χ0v) is 7.89. The van der Waals surface area contributed by atoms with Gasteiger partial charge >= 0.3 is 0 Å². The van der Waals surface area contributed by atoms with Gasteiger partial charge in [0.1, 0.15) is 0 Å². The van der Waals surface area contributed by atoms with Gasteiger partial charge in [0, 0.05) is 11.1 Å². The van der Waals surface area contributed by atoms with E-state index in [1.807, 2.05) is 0 Å². The predicted molar refractivity (Wildman–Crippen MR) is 47.8 cm³/mol. The fourth-order valence-electron chi connectivity index (χ4n) is 1.12. The highest BCUT2D eigenvalue weighted by Crippen LogP contribution is 2.35. The topological polar surface area (TPSA) is 43.1 Å². The number of nitro benzene ring substituents is 1. The smallest absolute Gasteiger partial charge is 0.258 e. The van der Waals surface area contributed by atoms with Crippen molar-refractivity contribution in [3.05, 3.63) is 38.4 Å². The maximum atomic E-state index is 12.5. The van der Waals surface area contributed by atoms with E-state index in [1.54, 1.807) is 0 Å². The van der Waals surface area contributed by atoms with E-state index in [9.17, 15) is 18.9 Å². The summed E-state index contributed by atoms with van der Waals surface area (Å²) in [7, 11) is 0. The van der Waals surface area contributed by atoms with Crippen LogP contribution in [0.5, 0.6) is 0 Å². The van der Waals surface area contributed by atoms with Crippen molar-refractivity contribution in [1.82, 2.24) is 0 Å². The van der Waals surface area contributed by atoms with Gasteiger partial charge < -0.3 is 0 Å². The minimum atomic E-state index is -2.89. The molecule has 0 aliphatic carbocycles. The Morgan fingerprint density at radius 1 is 1.50 bits per heavy atom. The van der Waals surface area contributed by atoms with Gasteiger partial charge in [0.25, 0.3) is 12.1 Å². The third-order valence-electron chi connectivity index (χ3n) is 1.84. The Labute approximate surface area is 83.4 Å². The Balaban J connectivity index is 3.45. The van der Waals surface area contributed by atoms with Crippen LogP contribution in [0.1, 0.15) is 17.6 Å². The van der Waals surface area contributed by atoms with Gasteiger partial charge in [-0.05, 0) is 18.6 Å². The average molecular weight is 222 g/mol. The maximum absolute atomic E-state index is 12.5. The SMILES string of the molecule is Cc1c(Cl)ccc([N+](=O)[O-])c1C(F)F. The fourth-order valence-corrected chi connectivity index (χ4v) is 1.29. The van der Waals surface area contributed by atoms with Crippen LogP contribution in [0.3, 0.4) is 0 Å². The zero-order chi connectivity index (χ0) is 10.9. The summed E-state index contributed by atoms with van der Waals surface area (Å²) in [4.78, 5) is 9.58. The summed E-state index contributed by atoms with van der Waals surface area (Å²) in [6.07, 6.45) is -2.89. The van der Waals surface area contributed by atoms with Gasteiger partial charge in [-0.15, -0.1) is 0 Å². The Morgan fingerprint density at radius 3 is 2.50 bits per heavy atom.